The number of nitrogens with two attached hydrogens (primary N) is 1. The number of carbonyl (C=O) groups is 1. The van der Waals surface area contributed by atoms with Gasteiger partial charge in [0.25, 0.3) is 5.89 Å². The van der Waals surface area contributed by atoms with Crippen molar-refractivity contribution in [2.24, 2.45) is 5.73 Å². The maximum absolute atomic E-state index is 11.0. The molecule has 6 heteroatoms. The third-order valence-corrected chi connectivity index (χ3v) is 3.03. The van der Waals surface area contributed by atoms with Crippen LogP contribution in [0.25, 0.3) is 11.1 Å². The number of fused-ring (bicyclic) bond motifs is 1. The van der Waals surface area contributed by atoms with E-state index in [-0.39, 0.29) is 12.0 Å². The molecule has 2 heterocycles. The maximum Gasteiger partial charge on any atom is 0.304 e. The summed E-state index contributed by atoms with van der Waals surface area (Å²) in [5.74, 6) is -0.100. The standard InChI is InChI=1S/C13H14N2O4/c14-12(16)13-15-10-6-8(3-4-11(10)19-13)18-7-9-2-1-5-17-9/h3-4,6,9H,1-2,5,7H2,(H2,14,16). The first-order chi connectivity index (χ1) is 9.22. The van der Waals surface area contributed by atoms with E-state index < -0.39 is 5.91 Å². The predicted molar refractivity (Wildman–Crippen MR) is 67.0 cm³/mol. The Labute approximate surface area is 109 Å². The lowest BCUT2D eigenvalue weighted by molar-refractivity contribution is 0.0680. The molecule has 100 valence electrons. The first-order valence-corrected chi connectivity index (χ1v) is 6.17. The Morgan fingerprint density at radius 1 is 1.53 bits per heavy atom. The molecule has 0 radical (unpaired) electrons. The van der Waals surface area contributed by atoms with Gasteiger partial charge in [-0.25, -0.2) is 4.98 Å². The van der Waals surface area contributed by atoms with Crippen LogP contribution in [0.3, 0.4) is 0 Å². The number of primary amides is 1. The van der Waals surface area contributed by atoms with Gasteiger partial charge in [-0.05, 0) is 25.0 Å². The second-order valence-corrected chi connectivity index (χ2v) is 4.46. The van der Waals surface area contributed by atoms with Crippen molar-refractivity contribution in [3.63, 3.8) is 0 Å². The molecule has 3 rings (SSSR count). The van der Waals surface area contributed by atoms with E-state index in [0.717, 1.165) is 19.4 Å². The zero-order valence-corrected chi connectivity index (χ0v) is 10.3. The Morgan fingerprint density at radius 2 is 2.42 bits per heavy atom. The van der Waals surface area contributed by atoms with Gasteiger partial charge >= 0.3 is 5.91 Å². The lowest BCUT2D eigenvalue weighted by Crippen LogP contribution is -2.16. The third-order valence-electron chi connectivity index (χ3n) is 3.03. The van der Waals surface area contributed by atoms with Gasteiger partial charge in [0, 0.05) is 12.7 Å². The summed E-state index contributed by atoms with van der Waals surface area (Å²) in [6, 6.07) is 5.20. The molecule has 1 saturated heterocycles. The van der Waals surface area contributed by atoms with Gasteiger partial charge in [-0.3, -0.25) is 4.79 Å². The van der Waals surface area contributed by atoms with Gasteiger partial charge in [0.15, 0.2) is 5.58 Å². The molecular formula is C13H14N2O4. The lowest BCUT2D eigenvalue weighted by Gasteiger charge is -2.10. The quantitative estimate of drug-likeness (QED) is 0.901. The SMILES string of the molecule is NC(=O)c1nc2cc(OCC3CCCO3)ccc2o1. The van der Waals surface area contributed by atoms with Gasteiger partial charge in [-0.2, -0.15) is 0 Å². The molecule has 1 atom stereocenters. The van der Waals surface area contributed by atoms with Crippen LogP contribution in [0.1, 0.15) is 23.5 Å². The number of carbonyl (C=O) groups excluding carboxylic acids is 1. The zero-order valence-electron chi connectivity index (χ0n) is 10.3. The molecule has 0 saturated carbocycles. The van der Waals surface area contributed by atoms with E-state index in [4.69, 9.17) is 19.6 Å². The van der Waals surface area contributed by atoms with Crippen LogP contribution in [0.2, 0.25) is 0 Å². The Balaban J connectivity index is 1.74. The average molecular weight is 262 g/mol. The maximum atomic E-state index is 11.0. The van der Waals surface area contributed by atoms with Crippen LogP contribution in [0.4, 0.5) is 0 Å². The molecule has 1 unspecified atom stereocenters. The Kier molecular flexibility index (Phi) is 3.08. The number of hydrogen-bond donors (Lipinski definition) is 1. The summed E-state index contributed by atoms with van der Waals surface area (Å²) in [5, 5.41) is 0. The van der Waals surface area contributed by atoms with E-state index >= 15 is 0 Å². The highest BCUT2D eigenvalue weighted by Gasteiger charge is 2.16. The number of oxazole rings is 1. The van der Waals surface area contributed by atoms with Crippen LogP contribution in [0, 0.1) is 0 Å². The number of ether oxygens (including phenoxy) is 2. The van der Waals surface area contributed by atoms with Crippen molar-refractivity contribution in [1.82, 2.24) is 4.98 Å². The molecule has 2 N–H and O–H groups in total. The van der Waals surface area contributed by atoms with Gasteiger partial charge in [0.2, 0.25) is 0 Å². The zero-order chi connectivity index (χ0) is 13.2. The van der Waals surface area contributed by atoms with Crippen molar-refractivity contribution in [3.05, 3.63) is 24.1 Å². The predicted octanol–water partition coefficient (Wildman–Crippen LogP) is 1.48. The van der Waals surface area contributed by atoms with Crippen molar-refractivity contribution in [1.29, 1.82) is 0 Å². The van der Waals surface area contributed by atoms with E-state index in [1.807, 2.05) is 0 Å². The molecule has 0 aliphatic carbocycles. The van der Waals surface area contributed by atoms with Crippen molar-refractivity contribution < 1.29 is 18.7 Å². The topological polar surface area (TPSA) is 87.6 Å². The molecule has 6 nitrogen and oxygen atoms in total. The van der Waals surface area contributed by atoms with E-state index in [2.05, 4.69) is 4.98 Å². The number of hydrogen-bond acceptors (Lipinski definition) is 5. The van der Waals surface area contributed by atoms with E-state index in [0.29, 0.717) is 23.5 Å². The molecule has 0 spiro atoms. The van der Waals surface area contributed by atoms with Crippen molar-refractivity contribution in [3.8, 4) is 5.75 Å². The highest BCUT2D eigenvalue weighted by atomic mass is 16.5. The summed E-state index contributed by atoms with van der Waals surface area (Å²) < 4.78 is 16.3. The summed E-state index contributed by atoms with van der Waals surface area (Å²) in [7, 11) is 0. The van der Waals surface area contributed by atoms with Crippen LogP contribution in [-0.2, 0) is 4.74 Å². The second kappa shape index (κ2) is 4.89. The summed E-state index contributed by atoms with van der Waals surface area (Å²) in [5.41, 5.74) is 6.18. The lowest BCUT2D eigenvalue weighted by atomic mass is 10.2. The molecule has 1 fully saturated rings. The van der Waals surface area contributed by atoms with Gasteiger partial charge in [0.1, 0.15) is 17.9 Å². The van der Waals surface area contributed by atoms with Crippen molar-refractivity contribution in [2.75, 3.05) is 13.2 Å². The highest BCUT2D eigenvalue weighted by Crippen LogP contribution is 2.22. The van der Waals surface area contributed by atoms with Crippen LogP contribution in [0.5, 0.6) is 5.75 Å². The molecule has 19 heavy (non-hydrogen) atoms. The fourth-order valence-electron chi connectivity index (χ4n) is 2.07. The van der Waals surface area contributed by atoms with Crippen molar-refractivity contribution >= 4 is 17.0 Å². The second-order valence-electron chi connectivity index (χ2n) is 4.46. The normalized spacial score (nSPS) is 18.8. The molecule has 1 aliphatic heterocycles. The van der Waals surface area contributed by atoms with Crippen LogP contribution in [-0.4, -0.2) is 30.2 Å². The van der Waals surface area contributed by atoms with Crippen LogP contribution in [0.15, 0.2) is 22.6 Å². The summed E-state index contributed by atoms with van der Waals surface area (Å²) in [6.07, 6.45) is 2.27. The smallest absolute Gasteiger partial charge is 0.304 e. The van der Waals surface area contributed by atoms with Gasteiger partial charge in [0.05, 0.1) is 6.10 Å². The van der Waals surface area contributed by atoms with Gasteiger partial charge in [-0.1, -0.05) is 0 Å². The fourth-order valence-corrected chi connectivity index (χ4v) is 2.07. The van der Waals surface area contributed by atoms with Gasteiger partial charge in [-0.15, -0.1) is 0 Å². The number of amides is 1. The minimum atomic E-state index is -0.682. The minimum absolute atomic E-state index is 0.0914. The Morgan fingerprint density at radius 3 is 3.16 bits per heavy atom. The Hall–Kier alpha value is -2.08. The minimum Gasteiger partial charge on any atom is -0.491 e. The summed E-state index contributed by atoms with van der Waals surface area (Å²) >= 11 is 0. The van der Waals surface area contributed by atoms with Gasteiger partial charge < -0.3 is 19.6 Å². The molecule has 1 amide bonds. The van der Waals surface area contributed by atoms with E-state index in [1.54, 1.807) is 18.2 Å². The van der Waals surface area contributed by atoms with Crippen molar-refractivity contribution in [2.45, 2.75) is 18.9 Å². The third kappa shape index (κ3) is 2.53. The van der Waals surface area contributed by atoms with Crippen LogP contribution < -0.4 is 10.5 Å². The number of aromatic nitrogens is 1. The summed E-state index contributed by atoms with van der Waals surface area (Å²) in [4.78, 5) is 15.0. The largest absolute Gasteiger partial charge is 0.491 e. The monoisotopic (exact) mass is 262 g/mol. The summed E-state index contributed by atoms with van der Waals surface area (Å²) in [6.45, 7) is 1.32. The number of benzene rings is 1. The molecule has 1 aromatic carbocycles. The molecular weight excluding hydrogens is 248 g/mol. The fraction of sp³-hybridized carbons (Fsp3) is 0.385. The van der Waals surface area contributed by atoms with E-state index in [9.17, 15) is 4.79 Å². The first kappa shape index (κ1) is 12.0. The number of nitrogens with zero attached hydrogens (tertiary/aromatic N) is 1. The molecule has 0 bridgehead atoms. The molecule has 1 aliphatic rings. The molecule has 1 aromatic heterocycles. The average Bonchev–Trinajstić information content (AvgIpc) is 3.04. The Bertz CT molecular complexity index is 602. The van der Waals surface area contributed by atoms with Crippen LogP contribution >= 0.6 is 0 Å². The number of rotatable bonds is 4. The van der Waals surface area contributed by atoms with E-state index in [1.165, 1.54) is 0 Å². The molecule has 2 aromatic rings. The first-order valence-electron chi connectivity index (χ1n) is 6.17. The highest BCUT2D eigenvalue weighted by molar-refractivity contribution is 5.91.